The van der Waals surface area contributed by atoms with Gasteiger partial charge in [-0.2, -0.15) is 0 Å². The summed E-state index contributed by atoms with van der Waals surface area (Å²) in [7, 11) is 0. The maximum atomic E-state index is 13.8. The Morgan fingerprint density at radius 3 is 2.20 bits per heavy atom. The lowest BCUT2D eigenvalue weighted by molar-refractivity contribution is 0.155. The fourth-order valence-electron chi connectivity index (χ4n) is 4.49. The molecule has 110 valence electrons. The molecule has 1 nitrogen and oxygen atoms in total. The van der Waals surface area contributed by atoms with Gasteiger partial charge in [0.2, 0.25) is 0 Å². The average Bonchev–Trinajstić information content (AvgIpc) is 2.77. The highest BCUT2D eigenvalue weighted by atomic mass is 19.1. The molecule has 0 saturated heterocycles. The van der Waals surface area contributed by atoms with Crippen molar-refractivity contribution in [3.63, 3.8) is 0 Å². The van der Waals surface area contributed by atoms with Crippen molar-refractivity contribution in [2.24, 2.45) is 16.7 Å². The van der Waals surface area contributed by atoms with Crippen molar-refractivity contribution in [1.82, 2.24) is 0 Å². The highest BCUT2D eigenvalue weighted by Crippen LogP contribution is 2.63. The minimum atomic E-state index is -0.885. The second-order valence-corrected chi connectivity index (χ2v) is 7.24. The molecule has 0 spiro atoms. The summed E-state index contributed by atoms with van der Waals surface area (Å²) >= 11 is 0. The van der Waals surface area contributed by atoms with E-state index >= 15 is 0 Å². The summed E-state index contributed by atoms with van der Waals surface area (Å²) in [5, 5.41) is 3.05. The molecular weight excluding hydrogens is 263 g/mol. The molecule has 2 bridgehead atoms. The molecule has 2 aliphatic rings. The lowest BCUT2D eigenvalue weighted by Gasteiger charge is -2.43. The SMILES string of the molecule is CC1(C)C(Nc2c(F)cc(F)cc2F)[C@]2(C)CC[C@H]1C2. The van der Waals surface area contributed by atoms with Crippen LogP contribution in [0.5, 0.6) is 0 Å². The van der Waals surface area contributed by atoms with Crippen molar-refractivity contribution in [2.75, 3.05) is 5.32 Å². The van der Waals surface area contributed by atoms with E-state index in [1.54, 1.807) is 0 Å². The van der Waals surface area contributed by atoms with Gasteiger partial charge in [-0.05, 0) is 36.0 Å². The Kier molecular flexibility index (Phi) is 2.86. The molecule has 0 heterocycles. The summed E-state index contributed by atoms with van der Waals surface area (Å²) in [6.07, 6.45) is 3.33. The molecule has 2 aliphatic carbocycles. The zero-order valence-electron chi connectivity index (χ0n) is 12.1. The highest BCUT2D eigenvalue weighted by Gasteiger charge is 2.59. The predicted molar refractivity (Wildman–Crippen MR) is 73.0 cm³/mol. The van der Waals surface area contributed by atoms with Crippen LogP contribution in [0.4, 0.5) is 18.9 Å². The van der Waals surface area contributed by atoms with Crippen LogP contribution >= 0.6 is 0 Å². The summed E-state index contributed by atoms with van der Waals surface area (Å²) in [4.78, 5) is 0. The Balaban J connectivity index is 1.96. The van der Waals surface area contributed by atoms with Gasteiger partial charge in [0.25, 0.3) is 0 Å². The van der Waals surface area contributed by atoms with Crippen LogP contribution in [0, 0.1) is 34.2 Å². The van der Waals surface area contributed by atoms with Gasteiger partial charge in [-0.25, -0.2) is 13.2 Å². The number of nitrogens with one attached hydrogen (secondary N) is 1. The maximum Gasteiger partial charge on any atom is 0.152 e. The Hall–Kier alpha value is -1.19. The van der Waals surface area contributed by atoms with Crippen LogP contribution in [0.3, 0.4) is 0 Å². The first kappa shape index (κ1) is 13.8. The van der Waals surface area contributed by atoms with Gasteiger partial charge in [0.1, 0.15) is 11.5 Å². The molecule has 20 heavy (non-hydrogen) atoms. The van der Waals surface area contributed by atoms with Crippen LogP contribution in [0.15, 0.2) is 12.1 Å². The first-order valence-corrected chi connectivity index (χ1v) is 7.15. The van der Waals surface area contributed by atoms with Crippen molar-refractivity contribution in [2.45, 2.75) is 46.1 Å². The second-order valence-electron chi connectivity index (χ2n) is 7.24. The standard InChI is InChI=1S/C16H20F3N/c1-15(2)9-4-5-16(3,8-9)14(15)20-13-11(18)6-10(17)7-12(13)19/h6-7,9,14,20H,4-5,8H2,1-3H3/t9-,14?,16+/m0/s1. The van der Waals surface area contributed by atoms with E-state index in [2.05, 4.69) is 26.1 Å². The monoisotopic (exact) mass is 283 g/mol. The summed E-state index contributed by atoms with van der Waals surface area (Å²) in [6, 6.07) is 1.46. The molecule has 2 fully saturated rings. The number of fused-ring (bicyclic) bond motifs is 2. The molecule has 1 unspecified atom stereocenters. The summed E-state index contributed by atoms with van der Waals surface area (Å²) < 4.78 is 40.7. The number of hydrogen-bond donors (Lipinski definition) is 1. The van der Waals surface area contributed by atoms with Crippen LogP contribution in [0.2, 0.25) is 0 Å². The molecule has 0 amide bonds. The number of rotatable bonds is 2. The van der Waals surface area contributed by atoms with Crippen molar-refractivity contribution in [3.8, 4) is 0 Å². The fraction of sp³-hybridized carbons (Fsp3) is 0.625. The third-order valence-corrected chi connectivity index (χ3v) is 5.57. The van der Waals surface area contributed by atoms with Crippen molar-refractivity contribution in [3.05, 3.63) is 29.6 Å². The average molecular weight is 283 g/mol. The number of anilines is 1. The van der Waals surface area contributed by atoms with E-state index in [0.29, 0.717) is 5.92 Å². The van der Waals surface area contributed by atoms with E-state index in [-0.39, 0.29) is 22.6 Å². The first-order valence-electron chi connectivity index (χ1n) is 7.15. The highest BCUT2D eigenvalue weighted by molar-refractivity contribution is 5.49. The molecule has 1 aromatic carbocycles. The van der Waals surface area contributed by atoms with Crippen molar-refractivity contribution in [1.29, 1.82) is 0 Å². The summed E-state index contributed by atoms with van der Waals surface area (Å²) in [6.45, 7) is 6.48. The predicted octanol–water partition coefficient (Wildman–Crippen LogP) is 4.73. The molecular formula is C16H20F3N. The molecule has 1 aromatic rings. The van der Waals surface area contributed by atoms with E-state index in [4.69, 9.17) is 0 Å². The van der Waals surface area contributed by atoms with Gasteiger partial charge in [-0.1, -0.05) is 20.8 Å². The molecule has 3 atom stereocenters. The van der Waals surface area contributed by atoms with Gasteiger partial charge in [-0.15, -0.1) is 0 Å². The third-order valence-electron chi connectivity index (χ3n) is 5.57. The lowest BCUT2D eigenvalue weighted by Crippen LogP contribution is -2.46. The van der Waals surface area contributed by atoms with Crippen molar-refractivity contribution >= 4 is 5.69 Å². The Morgan fingerprint density at radius 1 is 1.10 bits per heavy atom. The minimum absolute atomic E-state index is 0.00297. The first-order chi connectivity index (χ1) is 9.24. The minimum Gasteiger partial charge on any atom is -0.376 e. The normalized spacial score (nSPS) is 34.5. The smallest absolute Gasteiger partial charge is 0.152 e. The van der Waals surface area contributed by atoms with Gasteiger partial charge < -0.3 is 5.32 Å². The molecule has 1 N–H and O–H groups in total. The molecule has 0 aliphatic heterocycles. The Labute approximate surface area is 117 Å². The summed E-state index contributed by atoms with van der Waals surface area (Å²) in [5.74, 6) is -2.02. The molecule has 4 heteroatoms. The van der Waals surface area contributed by atoms with Crippen LogP contribution in [-0.2, 0) is 0 Å². The Morgan fingerprint density at radius 2 is 1.70 bits per heavy atom. The van der Waals surface area contributed by atoms with Gasteiger partial charge in [0.15, 0.2) is 11.6 Å². The number of benzene rings is 1. The molecule has 2 saturated carbocycles. The van der Waals surface area contributed by atoms with E-state index in [1.165, 1.54) is 6.42 Å². The molecule has 3 rings (SSSR count). The number of hydrogen-bond acceptors (Lipinski definition) is 1. The lowest BCUT2D eigenvalue weighted by atomic mass is 9.68. The second kappa shape index (κ2) is 4.15. The van der Waals surface area contributed by atoms with E-state index in [9.17, 15) is 13.2 Å². The van der Waals surface area contributed by atoms with E-state index in [1.807, 2.05) is 0 Å². The third kappa shape index (κ3) is 1.84. The van der Waals surface area contributed by atoms with E-state index in [0.717, 1.165) is 25.0 Å². The van der Waals surface area contributed by atoms with Crippen LogP contribution < -0.4 is 5.32 Å². The van der Waals surface area contributed by atoms with Gasteiger partial charge in [-0.3, -0.25) is 0 Å². The quantitative estimate of drug-likeness (QED) is 0.827. The number of halogens is 3. The Bertz CT molecular complexity index is 527. The zero-order chi connectivity index (χ0) is 14.7. The van der Waals surface area contributed by atoms with E-state index < -0.39 is 17.5 Å². The summed E-state index contributed by atoms with van der Waals surface area (Å²) in [5.41, 5.74) is -0.153. The van der Waals surface area contributed by atoms with Crippen molar-refractivity contribution < 1.29 is 13.2 Å². The molecule has 0 aromatic heterocycles. The maximum absolute atomic E-state index is 13.8. The zero-order valence-corrected chi connectivity index (χ0v) is 12.1. The van der Waals surface area contributed by atoms with Gasteiger partial charge in [0.05, 0.1) is 0 Å². The van der Waals surface area contributed by atoms with Gasteiger partial charge in [0, 0.05) is 18.2 Å². The van der Waals surface area contributed by atoms with Gasteiger partial charge >= 0.3 is 0 Å². The largest absolute Gasteiger partial charge is 0.376 e. The molecule has 0 radical (unpaired) electrons. The fourth-order valence-corrected chi connectivity index (χ4v) is 4.49. The van der Waals surface area contributed by atoms with Crippen LogP contribution in [0.1, 0.15) is 40.0 Å². The topological polar surface area (TPSA) is 12.0 Å². The van der Waals surface area contributed by atoms with Crippen LogP contribution in [-0.4, -0.2) is 6.04 Å². The van der Waals surface area contributed by atoms with Crippen LogP contribution in [0.25, 0.3) is 0 Å².